The fourth-order valence-electron chi connectivity index (χ4n) is 12.3. The second-order valence-electron chi connectivity index (χ2n) is 23.7. The van der Waals surface area contributed by atoms with E-state index in [4.69, 9.17) is 0 Å². The highest BCUT2D eigenvalue weighted by Gasteiger charge is 2.48. The minimum absolute atomic E-state index is 0.0862. The molecule has 0 N–H and O–H groups in total. The molecule has 1 aromatic carbocycles. The van der Waals surface area contributed by atoms with Gasteiger partial charge in [0.05, 0.1) is 6.04 Å². The summed E-state index contributed by atoms with van der Waals surface area (Å²) < 4.78 is 0. The van der Waals surface area contributed by atoms with Gasteiger partial charge in [0.25, 0.3) is 0 Å². The number of allylic oxidation sites excluding steroid dienone is 1. The van der Waals surface area contributed by atoms with Crippen LogP contribution in [-0.4, -0.2) is 195 Å². The van der Waals surface area contributed by atoms with E-state index in [1.165, 1.54) is 31.4 Å². The van der Waals surface area contributed by atoms with Crippen LogP contribution in [0.1, 0.15) is 145 Å². The van der Waals surface area contributed by atoms with E-state index in [9.17, 15) is 33.6 Å². The molecule has 8 amide bonds. The highest BCUT2D eigenvalue weighted by atomic mass is 16.2. The lowest BCUT2D eigenvalue weighted by molar-refractivity contribution is -0.159. The van der Waals surface area contributed by atoms with Crippen LogP contribution >= 0.6 is 0 Å². The molecule has 3 aliphatic rings. The van der Waals surface area contributed by atoms with Gasteiger partial charge < -0.3 is 39.2 Å². The molecular weight excluding hydrogens is 977 g/mol. The van der Waals surface area contributed by atoms with Crippen molar-refractivity contribution in [2.45, 2.75) is 195 Å². The molecule has 3 aliphatic heterocycles. The minimum Gasteiger partial charge on any atom is -0.334 e. The van der Waals surface area contributed by atoms with Crippen LogP contribution in [0, 0.1) is 29.6 Å². The summed E-state index contributed by atoms with van der Waals surface area (Å²) in [5, 5.41) is 0. The molecule has 430 valence electrons. The van der Waals surface area contributed by atoms with Crippen LogP contribution in [0.4, 0.5) is 0 Å². The number of unbranched alkanes of at least 4 members (excludes halogenated alkanes) is 2. The summed E-state index contributed by atoms with van der Waals surface area (Å²) in [7, 11) is 7.84. The van der Waals surface area contributed by atoms with E-state index in [0.717, 1.165) is 31.2 Å². The van der Waals surface area contributed by atoms with Crippen molar-refractivity contribution in [2.75, 3.05) is 54.9 Å². The zero-order chi connectivity index (χ0) is 57.7. The van der Waals surface area contributed by atoms with Gasteiger partial charge in [-0.15, -0.1) is 6.58 Å². The smallest absolute Gasteiger partial charge is 0.246 e. The van der Waals surface area contributed by atoms with Gasteiger partial charge in [-0.1, -0.05) is 105 Å². The second-order valence-corrected chi connectivity index (χ2v) is 23.7. The van der Waals surface area contributed by atoms with E-state index in [2.05, 4.69) is 13.5 Å². The molecule has 0 saturated carbocycles. The number of nitrogens with zero attached hydrogens (tertiary/aromatic N) is 8. The lowest BCUT2D eigenvalue weighted by Gasteiger charge is -2.42. The van der Waals surface area contributed by atoms with E-state index in [-0.39, 0.29) is 35.8 Å². The van der Waals surface area contributed by atoms with Crippen LogP contribution in [-0.2, 0) is 49.6 Å². The number of hydrogen-bond acceptors (Lipinski definition) is 9. The average Bonchev–Trinajstić information content (AvgIpc) is 4.21. The number of likely N-dealkylation sites (N-methyl/N-ethyl adjacent to an activating group) is 5. The maximum Gasteiger partial charge on any atom is 0.246 e. The number of amides is 8. The Bertz CT molecular complexity index is 2240. The summed E-state index contributed by atoms with van der Waals surface area (Å²) in [6.07, 6.45) is 10.1. The molecule has 3 saturated heterocycles. The largest absolute Gasteiger partial charge is 0.334 e. The third kappa shape index (κ3) is 15.4. The third-order valence-electron chi connectivity index (χ3n) is 16.8. The molecule has 0 aromatic heterocycles. The Morgan fingerprint density at radius 2 is 1.04 bits per heavy atom. The van der Waals surface area contributed by atoms with Crippen molar-refractivity contribution in [1.29, 1.82) is 0 Å². The topological polar surface area (TPSA) is 180 Å². The van der Waals surface area contributed by atoms with Crippen molar-refractivity contribution in [2.24, 2.45) is 29.6 Å². The average molecular weight is 1070 g/mol. The van der Waals surface area contributed by atoms with Gasteiger partial charge in [-0.25, -0.2) is 0 Å². The normalized spacial score (nSPS) is 20.3. The molecule has 4 rings (SSSR count). The first-order valence-corrected chi connectivity index (χ1v) is 28.6. The van der Waals surface area contributed by atoms with Crippen molar-refractivity contribution in [3.63, 3.8) is 0 Å². The Labute approximate surface area is 461 Å². The molecule has 3 heterocycles. The van der Waals surface area contributed by atoms with Crippen LogP contribution in [0.5, 0.6) is 0 Å². The summed E-state index contributed by atoms with van der Waals surface area (Å²) in [5.41, 5.74) is 0.801. The van der Waals surface area contributed by atoms with Crippen molar-refractivity contribution < 1.29 is 43.2 Å². The molecule has 0 aliphatic carbocycles. The maximum atomic E-state index is 15.1. The van der Waals surface area contributed by atoms with Crippen LogP contribution in [0.3, 0.4) is 0 Å². The van der Waals surface area contributed by atoms with Crippen LogP contribution < -0.4 is 0 Å². The van der Waals surface area contributed by atoms with Crippen LogP contribution in [0.25, 0.3) is 0 Å². The van der Waals surface area contributed by atoms with Gasteiger partial charge >= 0.3 is 0 Å². The Hall–Kier alpha value is -5.61. The molecular formula is C60H96N8O9. The monoisotopic (exact) mass is 1070 g/mol. The molecule has 17 heteroatoms. The van der Waals surface area contributed by atoms with Crippen molar-refractivity contribution in [3.8, 4) is 0 Å². The third-order valence-corrected chi connectivity index (χ3v) is 16.8. The van der Waals surface area contributed by atoms with E-state index in [1.54, 1.807) is 56.9 Å². The molecule has 10 unspecified atom stereocenters. The number of likely N-dealkylation sites (tertiary alicyclic amines) is 3. The molecule has 77 heavy (non-hydrogen) atoms. The number of hydrogen-bond donors (Lipinski definition) is 0. The highest BCUT2D eigenvalue weighted by Crippen LogP contribution is 2.30. The van der Waals surface area contributed by atoms with Crippen molar-refractivity contribution >= 4 is 53.0 Å². The zero-order valence-electron chi connectivity index (χ0n) is 49.5. The first-order valence-electron chi connectivity index (χ1n) is 28.6. The van der Waals surface area contributed by atoms with Gasteiger partial charge in [-0.2, -0.15) is 0 Å². The molecule has 0 spiro atoms. The van der Waals surface area contributed by atoms with Gasteiger partial charge in [0.15, 0.2) is 5.78 Å². The number of benzene rings is 1. The predicted octanol–water partition coefficient (Wildman–Crippen LogP) is 6.32. The van der Waals surface area contributed by atoms with Gasteiger partial charge in [0, 0.05) is 67.2 Å². The predicted molar refractivity (Wildman–Crippen MR) is 300 cm³/mol. The van der Waals surface area contributed by atoms with Crippen LogP contribution in [0.15, 0.2) is 43.0 Å². The molecule has 17 nitrogen and oxygen atoms in total. The summed E-state index contributed by atoms with van der Waals surface area (Å²) >= 11 is 0. The fourth-order valence-corrected chi connectivity index (χ4v) is 12.3. The summed E-state index contributed by atoms with van der Waals surface area (Å²) in [4.78, 5) is 141. The summed E-state index contributed by atoms with van der Waals surface area (Å²) in [5.74, 6) is -4.31. The van der Waals surface area contributed by atoms with Gasteiger partial charge in [-0.3, -0.25) is 43.2 Å². The summed E-state index contributed by atoms with van der Waals surface area (Å²) in [6.45, 7) is 23.0. The Morgan fingerprint density at radius 3 is 1.55 bits per heavy atom. The minimum atomic E-state index is -1.07. The number of carbonyl (C=O) groups excluding carboxylic acids is 9. The quantitative estimate of drug-likeness (QED) is 0.0758. The highest BCUT2D eigenvalue weighted by molar-refractivity contribution is 5.98. The molecule has 3 fully saturated rings. The molecule has 0 radical (unpaired) electrons. The van der Waals surface area contributed by atoms with E-state index < -0.39 is 95.6 Å². The number of carbonyl (C=O) groups is 9. The molecule has 10 atom stereocenters. The summed E-state index contributed by atoms with van der Waals surface area (Å²) in [6, 6.07) is 2.15. The lowest BCUT2D eigenvalue weighted by atomic mass is 9.91. The van der Waals surface area contributed by atoms with Gasteiger partial charge in [0.1, 0.15) is 42.3 Å². The number of rotatable bonds is 26. The fraction of sp³-hybridized carbons (Fsp3) is 0.717. The standard InChI is InChI=1S/C60H96N8O9/c1-17-18-19-21-27-41(8)36-42(9)53(70)61(12)43(10)54(71)67-34-25-31-47(67)55(72)63(14)51(39(4)5)59(76)65(16)52(40(6)7)60(77)64(15)50(38(2)3)58(75)62(13)49(37-45-28-22-20-23-29-45)57(74)68-35-26-32-48(68)56(73)66-33-24-30-46(66)44(11)69/h17,20,22-23,28-29,38-43,46-52H,1,18-19,21,24-27,30-37H2,2-16H3. The molecule has 1 aromatic rings. The van der Waals surface area contributed by atoms with E-state index in [0.29, 0.717) is 70.5 Å². The Kier molecular flexibility index (Phi) is 23.9. The Balaban J connectivity index is 1.54. The van der Waals surface area contributed by atoms with Crippen molar-refractivity contribution in [3.05, 3.63) is 48.6 Å². The zero-order valence-corrected chi connectivity index (χ0v) is 49.5. The van der Waals surface area contributed by atoms with Gasteiger partial charge in [0.2, 0.25) is 47.3 Å². The van der Waals surface area contributed by atoms with Crippen LogP contribution in [0.2, 0.25) is 0 Å². The first kappa shape index (κ1) is 63.9. The van der Waals surface area contributed by atoms with Crippen molar-refractivity contribution in [1.82, 2.24) is 39.2 Å². The van der Waals surface area contributed by atoms with Gasteiger partial charge in [-0.05, 0) is 101 Å². The number of ketones is 1. The lowest BCUT2D eigenvalue weighted by Crippen LogP contribution is -2.62. The molecule has 0 bridgehead atoms. The SMILES string of the molecule is C=CCCCCC(C)CC(C)C(=O)N(C)C(C)C(=O)N1CCCC1C(=O)N(C)C(C(=O)N(C)C(C(=O)N(C)C(C(=O)N(C)C(Cc1ccccc1)C(=O)N1CCCC1C(=O)N1CCCC1C(C)=O)C(C)C)C(C)C)C(C)C. The van der Waals surface area contributed by atoms with E-state index >= 15 is 9.59 Å². The number of Topliss-reactive ketones (excluding diaryl/α,β-unsaturated/α-hetero) is 1. The van der Waals surface area contributed by atoms with E-state index in [1.807, 2.05) is 84.9 Å². The second kappa shape index (κ2) is 28.8. The first-order chi connectivity index (χ1) is 36.2. The Morgan fingerprint density at radius 1 is 0.571 bits per heavy atom. The maximum absolute atomic E-state index is 15.1.